The highest BCUT2D eigenvalue weighted by molar-refractivity contribution is 9.10. The van der Waals surface area contributed by atoms with E-state index in [4.69, 9.17) is 0 Å². The molecule has 3 aromatic rings. The van der Waals surface area contributed by atoms with Gasteiger partial charge in [-0.2, -0.15) is 0 Å². The summed E-state index contributed by atoms with van der Waals surface area (Å²) in [6, 6.07) is 9.61. The molecule has 0 aliphatic heterocycles. The summed E-state index contributed by atoms with van der Waals surface area (Å²) in [7, 11) is 0. The molecule has 1 aromatic carbocycles. The SMILES string of the molecule is Cc1cc(Br)ccc1Nc1cnc(C(=O)NCc2ccncc2)cn1. The minimum atomic E-state index is -0.268. The first-order chi connectivity index (χ1) is 12.1. The molecular weight excluding hydrogens is 382 g/mol. The molecule has 0 unspecified atom stereocenters. The van der Waals surface area contributed by atoms with Crippen molar-refractivity contribution in [1.82, 2.24) is 20.3 Å². The van der Waals surface area contributed by atoms with Gasteiger partial charge in [0.15, 0.2) is 0 Å². The van der Waals surface area contributed by atoms with Crippen LogP contribution in [0.15, 0.2) is 59.6 Å². The zero-order valence-electron chi connectivity index (χ0n) is 13.5. The fourth-order valence-corrected chi connectivity index (χ4v) is 2.66. The minimum Gasteiger partial charge on any atom is -0.347 e. The van der Waals surface area contributed by atoms with Crippen LogP contribution in [-0.2, 0) is 6.54 Å². The van der Waals surface area contributed by atoms with E-state index in [0.29, 0.717) is 12.4 Å². The summed E-state index contributed by atoms with van der Waals surface area (Å²) in [6.07, 6.45) is 6.37. The largest absolute Gasteiger partial charge is 0.347 e. The third kappa shape index (κ3) is 4.60. The number of carbonyl (C=O) groups is 1. The van der Waals surface area contributed by atoms with Gasteiger partial charge in [0.25, 0.3) is 5.91 Å². The summed E-state index contributed by atoms with van der Waals surface area (Å²) in [4.78, 5) is 24.5. The molecule has 126 valence electrons. The molecule has 7 heteroatoms. The highest BCUT2D eigenvalue weighted by Gasteiger charge is 2.08. The van der Waals surface area contributed by atoms with E-state index >= 15 is 0 Å². The first kappa shape index (κ1) is 17.0. The number of amides is 1. The zero-order chi connectivity index (χ0) is 17.6. The van der Waals surface area contributed by atoms with Gasteiger partial charge in [-0.05, 0) is 48.4 Å². The van der Waals surface area contributed by atoms with E-state index in [1.54, 1.807) is 18.6 Å². The van der Waals surface area contributed by atoms with E-state index in [-0.39, 0.29) is 11.6 Å². The van der Waals surface area contributed by atoms with Gasteiger partial charge in [-0.1, -0.05) is 15.9 Å². The quantitative estimate of drug-likeness (QED) is 0.687. The smallest absolute Gasteiger partial charge is 0.271 e. The van der Waals surface area contributed by atoms with E-state index in [9.17, 15) is 4.79 Å². The van der Waals surface area contributed by atoms with Crippen LogP contribution in [0.5, 0.6) is 0 Å². The Hall–Kier alpha value is -2.80. The third-order valence-corrected chi connectivity index (χ3v) is 4.03. The molecule has 1 amide bonds. The lowest BCUT2D eigenvalue weighted by Crippen LogP contribution is -2.24. The molecule has 0 saturated carbocycles. The van der Waals surface area contributed by atoms with Gasteiger partial charge in [-0.25, -0.2) is 9.97 Å². The van der Waals surface area contributed by atoms with Gasteiger partial charge in [0, 0.05) is 29.1 Å². The maximum atomic E-state index is 12.1. The van der Waals surface area contributed by atoms with Gasteiger partial charge in [0.1, 0.15) is 11.5 Å². The Morgan fingerprint density at radius 2 is 1.92 bits per heavy atom. The summed E-state index contributed by atoms with van der Waals surface area (Å²) >= 11 is 3.44. The van der Waals surface area contributed by atoms with Crippen LogP contribution in [0.2, 0.25) is 0 Å². The summed E-state index contributed by atoms with van der Waals surface area (Å²) in [5.41, 5.74) is 3.26. The molecule has 0 spiro atoms. The normalized spacial score (nSPS) is 10.3. The van der Waals surface area contributed by atoms with E-state index in [1.807, 2.05) is 37.3 Å². The predicted molar refractivity (Wildman–Crippen MR) is 99.6 cm³/mol. The van der Waals surface area contributed by atoms with Crippen molar-refractivity contribution >= 4 is 33.3 Å². The molecule has 3 rings (SSSR count). The maximum Gasteiger partial charge on any atom is 0.271 e. The average Bonchev–Trinajstić information content (AvgIpc) is 2.63. The molecule has 2 aromatic heterocycles. The number of nitrogens with one attached hydrogen (secondary N) is 2. The molecule has 0 bridgehead atoms. The first-order valence-electron chi connectivity index (χ1n) is 7.64. The Kier molecular flexibility index (Phi) is 5.35. The van der Waals surface area contributed by atoms with Gasteiger partial charge < -0.3 is 10.6 Å². The molecule has 0 saturated heterocycles. The molecular formula is C18H16BrN5O. The number of benzene rings is 1. The van der Waals surface area contributed by atoms with Gasteiger partial charge >= 0.3 is 0 Å². The molecule has 0 radical (unpaired) electrons. The van der Waals surface area contributed by atoms with Crippen molar-refractivity contribution in [1.29, 1.82) is 0 Å². The van der Waals surface area contributed by atoms with Gasteiger partial charge in [-0.3, -0.25) is 9.78 Å². The zero-order valence-corrected chi connectivity index (χ0v) is 15.1. The maximum absolute atomic E-state index is 12.1. The molecule has 6 nitrogen and oxygen atoms in total. The lowest BCUT2D eigenvalue weighted by atomic mass is 10.2. The van der Waals surface area contributed by atoms with E-state index in [0.717, 1.165) is 21.3 Å². The van der Waals surface area contributed by atoms with Crippen molar-refractivity contribution in [3.63, 3.8) is 0 Å². The molecule has 2 heterocycles. The summed E-state index contributed by atoms with van der Waals surface area (Å²) in [5, 5.41) is 6.00. The average molecular weight is 398 g/mol. The van der Waals surface area contributed by atoms with Crippen molar-refractivity contribution in [2.45, 2.75) is 13.5 Å². The van der Waals surface area contributed by atoms with Crippen LogP contribution < -0.4 is 10.6 Å². The van der Waals surface area contributed by atoms with Crippen molar-refractivity contribution in [2.24, 2.45) is 0 Å². The van der Waals surface area contributed by atoms with Gasteiger partial charge in [0.05, 0.1) is 12.4 Å². The van der Waals surface area contributed by atoms with Crippen LogP contribution in [0.3, 0.4) is 0 Å². The number of rotatable bonds is 5. The summed E-state index contributed by atoms with van der Waals surface area (Å²) in [5.74, 6) is 0.312. The van der Waals surface area contributed by atoms with Crippen LogP contribution >= 0.6 is 15.9 Å². The van der Waals surface area contributed by atoms with E-state index < -0.39 is 0 Å². The lowest BCUT2D eigenvalue weighted by Gasteiger charge is -2.09. The number of pyridine rings is 1. The Morgan fingerprint density at radius 3 is 2.60 bits per heavy atom. The highest BCUT2D eigenvalue weighted by Crippen LogP contribution is 2.22. The van der Waals surface area contributed by atoms with Crippen molar-refractivity contribution < 1.29 is 4.79 Å². The number of hydrogen-bond donors (Lipinski definition) is 2. The Labute approximate surface area is 153 Å². The number of carbonyl (C=O) groups excluding carboxylic acids is 1. The van der Waals surface area contributed by atoms with E-state index in [1.165, 1.54) is 6.20 Å². The lowest BCUT2D eigenvalue weighted by molar-refractivity contribution is 0.0945. The van der Waals surface area contributed by atoms with E-state index in [2.05, 4.69) is 41.5 Å². The Balaban J connectivity index is 1.62. The monoisotopic (exact) mass is 397 g/mol. The minimum absolute atomic E-state index is 0.268. The second-order valence-corrected chi connectivity index (χ2v) is 6.32. The van der Waals surface area contributed by atoms with Crippen LogP contribution in [0.4, 0.5) is 11.5 Å². The molecule has 0 fully saturated rings. The molecule has 0 atom stereocenters. The number of aryl methyl sites for hydroxylation is 1. The number of hydrogen-bond acceptors (Lipinski definition) is 5. The summed E-state index contributed by atoms with van der Waals surface area (Å²) in [6.45, 7) is 2.42. The number of halogens is 1. The highest BCUT2D eigenvalue weighted by atomic mass is 79.9. The first-order valence-corrected chi connectivity index (χ1v) is 8.43. The van der Waals surface area contributed by atoms with Crippen LogP contribution in [0.1, 0.15) is 21.6 Å². The Morgan fingerprint density at radius 1 is 1.12 bits per heavy atom. The second kappa shape index (κ2) is 7.85. The number of anilines is 2. The topological polar surface area (TPSA) is 79.8 Å². The van der Waals surface area contributed by atoms with Crippen LogP contribution in [0.25, 0.3) is 0 Å². The van der Waals surface area contributed by atoms with Crippen LogP contribution in [-0.4, -0.2) is 20.9 Å². The third-order valence-electron chi connectivity index (χ3n) is 3.54. The summed E-state index contributed by atoms with van der Waals surface area (Å²) < 4.78 is 1.02. The van der Waals surface area contributed by atoms with Crippen molar-refractivity contribution in [3.8, 4) is 0 Å². The van der Waals surface area contributed by atoms with Crippen molar-refractivity contribution in [3.05, 3.63) is 76.4 Å². The van der Waals surface area contributed by atoms with Gasteiger partial charge in [0.2, 0.25) is 0 Å². The molecule has 0 aliphatic carbocycles. The second-order valence-electron chi connectivity index (χ2n) is 5.41. The van der Waals surface area contributed by atoms with Crippen LogP contribution in [0, 0.1) is 6.92 Å². The molecule has 2 N–H and O–H groups in total. The fourth-order valence-electron chi connectivity index (χ4n) is 2.19. The van der Waals surface area contributed by atoms with Gasteiger partial charge in [-0.15, -0.1) is 0 Å². The molecule has 25 heavy (non-hydrogen) atoms. The van der Waals surface area contributed by atoms with Crippen molar-refractivity contribution in [2.75, 3.05) is 5.32 Å². The Bertz CT molecular complexity index is 868. The predicted octanol–water partition coefficient (Wildman–Crippen LogP) is 3.62. The molecule has 0 aliphatic rings. The number of aromatic nitrogens is 3. The fraction of sp³-hybridized carbons (Fsp3) is 0.111. The number of nitrogens with zero attached hydrogens (tertiary/aromatic N) is 3. The standard InChI is InChI=1S/C18H16BrN5O/c1-12-8-14(19)2-3-15(12)24-17-11-21-16(10-22-17)18(25)23-9-13-4-6-20-7-5-13/h2-8,10-11H,9H2,1H3,(H,22,24)(H,23,25).